The summed E-state index contributed by atoms with van der Waals surface area (Å²) in [6.45, 7) is 4.06. The Labute approximate surface area is 92.0 Å². The van der Waals surface area contributed by atoms with Crippen LogP contribution in [0.5, 0.6) is 5.75 Å². The van der Waals surface area contributed by atoms with Crippen LogP contribution < -0.4 is 15.0 Å². The maximum absolute atomic E-state index is 5.74. The lowest BCUT2D eigenvalue weighted by Crippen LogP contribution is -2.11. The molecule has 0 aliphatic carbocycles. The molecule has 0 saturated carbocycles. The molecule has 0 atom stereocenters. The molecule has 3 nitrogen and oxygen atoms in total. The average Bonchev–Trinajstić information content (AvgIpc) is 2.16. The van der Waals surface area contributed by atoms with Gasteiger partial charge in [0.05, 0.1) is 11.8 Å². The summed E-state index contributed by atoms with van der Waals surface area (Å²) in [5, 5.41) is 3.12. The average molecular weight is 208 g/mol. The van der Waals surface area contributed by atoms with Crippen molar-refractivity contribution in [1.29, 1.82) is 0 Å². The van der Waals surface area contributed by atoms with E-state index in [0.29, 0.717) is 0 Å². The minimum absolute atomic E-state index is 0.189. The molecule has 0 bridgehead atoms. The molecule has 84 valence electrons. The molecule has 0 unspecified atom stereocenters. The van der Waals surface area contributed by atoms with Gasteiger partial charge >= 0.3 is 0 Å². The Kier molecular flexibility index (Phi) is 3.83. The summed E-state index contributed by atoms with van der Waals surface area (Å²) in [4.78, 5) is 2.06. The Morgan fingerprint density at radius 2 is 1.93 bits per heavy atom. The largest absolute Gasteiger partial charge is 0.489 e. The molecule has 0 fully saturated rings. The minimum atomic E-state index is 0.189. The molecule has 0 amide bonds. The van der Waals surface area contributed by atoms with E-state index in [1.807, 2.05) is 47.1 Å². The highest BCUT2D eigenvalue weighted by molar-refractivity contribution is 5.64. The number of hydrogen-bond donors (Lipinski definition) is 1. The maximum atomic E-state index is 5.74. The molecule has 1 rings (SSSR count). The third-order valence-corrected chi connectivity index (χ3v) is 2.11. The maximum Gasteiger partial charge on any atom is 0.144 e. The quantitative estimate of drug-likeness (QED) is 0.823. The van der Waals surface area contributed by atoms with Gasteiger partial charge in [-0.15, -0.1) is 0 Å². The summed E-state index contributed by atoms with van der Waals surface area (Å²) in [5.41, 5.74) is 2.17. The van der Waals surface area contributed by atoms with E-state index in [4.69, 9.17) is 4.74 Å². The van der Waals surface area contributed by atoms with Crippen molar-refractivity contribution in [2.24, 2.45) is 0 Å². The number of ether oxygens (including phenoxy) is 1. The Morgan fingerprint density at radius 1 is 1.27 bits per heavy atom. The van der Waals surface area contributed by atoms with Gasteiger partial charge in [-0.25, -0.2) is 0 Å². The second-order valence-electron chi connectivity index (χ2n) is 3.99. The van der Waals surface area contributed by atoms with E-state index < -0.39 is 0 Å². The highest BCUT2D eigenvalue weighted by atomic mass is 16.5. The van der Waals surface area contributed by atoms with Crippen LogP contribution in [0.2, 0.25) is 0 Å². The molecule has 0 aliphatic rings. The molecular weight excluding hydrogens is 188 g/mol. The lowest BCUT2D eigenvalue weighted by molar-refractivity contribution is 0.244. The van der Waals surface area contributed by atoms with Crippen LogP contribution in [-0.4, -0.2) is 27.2 Å². The zero-order chi connectivity index (χ0) is 11.4. The predicted octanol–water partition coefficient (Wildman–Crippen LogP) is 2.58. The molecule has 1 aromatic rings. The first-order chi connectivity index (χ1) is 7.04. The lowest BCUT2D eigenvalue weighted by atomic mass is 10.2. The number of nitrogens with one attached hydrogen (secondary N) is 1. The van der Waals surface area contributed by atoms with E-state index in [0.717, 1.165) is 17.1 Å². The fraction of sp³-hybridized carbons (Fsp3) is 0.500. The van der Waals surface area contributed by atoms with Crippen molar-refractivity contribution in [2.75, 3.05) is 31.4 Å². The molecular formula is C12H20N2O. The number of nitrogens with zero attached hydrogens (tertiary/aromatic N) is 1. The van der Waals surface area contributed by atoms with E-state index in [1.54, 1.807) is 0 Å². The number of anilines is 2. The molecule has 0 aromatic heterocycles. The lowest BCUT2D eigenvalue weighted by Gasteiger charge is -2.18. The molecule has 0 heterocycles. The zero-order valence-corrected chi connectivity index (χ0v) is 10.2. The van der Waals surface area contributed by atoms with Gasteiger partial charge in [0.15, 0.2) is 0 Å². The van der Waals surface area contributed by atoms with E-state index in [9.17, 15) is 0 Å². The number of hydrogen-bond acceptors (Lipinski definition) is 3. The van der Waals surface area contributed by atoms with Gasteiger partial charge in [-0.1, -0.05) is 0 Å². The summed E-state index contributed by atoms with van der Waals surface area (Å²) in [6.07, 6.45) is 0.189. The van der Waals surface area contributed by atoms with Gasteiger partial charge in [-0.3, -0.25) is 0 Å². The predicted molar refractivity (Wildman–Crippen MR) is 66.1 cm³/mol. The van der Waals surface area contributed by atoms with Crippen LogP contribution in [0, 0.1) is 0 Å². The van der Waals surface area contributed by atoms with Gasteiger partial charge in [0.2, 0.25) is 0 Å². The van der Waals surface area contributed by atoms with E-state index in [1.165, 1.54) is 0 Å². The second-order valence-corrected chi connectivity index (χ2v) is 3.99. The topological polar surface area (TPSA) is 24.5 Å². The van der Waals surface area contributed by atoms with Crippen molar-refractivity contribution >= 4 is 11.4 Å². The first-order valence-electron chi connectivity index (χ1n) is 5.20. The first-order valence-corrected chi connectivity index (χ1v) is 5.20. The normalized spacial score (nSPS) is 10.3. The van der Waals surface area contributed by atoms with E-state index in [2.05, 4.69) is 16.3 Å². The third kappa shape index (κ3) is 3.05. The summed E-state index contributed by atoms with van der Waals surface area (Å²) in [5.74, 6) is 0.902. The summed E-state index contributed by atoms with van der Waals surface area (Å²) in [7, 11) is 5.94. The third-order valence-electron chi connectivity index (χ3n) is 2.11. The Morgan fingerprint density at radius 3 is 2.40 bits per heavy atom. The van der Waals surface area contributed by atoms with Crippen LogP contribution in [0.15, 0.2) is 18.2 Å². The van der Waals surface area contributed by atoms with Crippen LogP contribution >= 0.6 is 0 Å². The standard InChI is InChI=1S/C12H20N2O/c1-9(2)15-12-8-10(14(4)5)6-7-11(12)13-3/h6-9,13H,1-5H3. The van der Waals surface area contributed by atoms with Gasteiger partial charge in [0, 0.05) is 32.9 Å². The second kappa shape index (κ2) is 4.91. The van der Waals surface area contributed by atoms with Crippen LogP contribution in [0.3, 0.4) is 0 Å². The molecule has 1 N–H and O–H groups in total. The molecule has 3 heteroatoms. The van der Waals surface area contributed by atoms with Gasteiger partial charge < -0.3 is 15.0 Å². The minimum Gasteiger partial charge on any atom is -0.489 e. The van der Waals surface area contributed by atoms with Crippen molar-refractivity contribution in [3.8, 4) is 5.75 Å². The number of rotatable bonds is 4. The van der Waals surface area contributed by atoms with Gasteiger partial charge in [0.1, 0.15) is 5.75 Å². The highest BCUT2D eigenvalue weighted by Gasteiger charge is 2.06. The fourth-order valence-electron chi connectivity index (χ4n) is 1.35. The highest BCUT2D eigenvalue weighted by Crippen LogP contribution is 2.29. The fourth-order valence-corrected chi connectivity index (χ4v) is 1.35. The molecule has 1 aromatic carbocycles. The monoisotopic (exact) mass is 208 g/mol. The molecule has 0 aliphatic heterocycles. The Balaban J connectivity index is 3.02. The van der Waals surface area contributed by atoms with Crippen LogP contribution in [0.4, 0.5) is 11.4 Å². The molecule has 15 heavy (non-hydrogen) atoms. The Hall–Kier alpha value is -1.38. The number of benzene rings is 1. The van der Waals surface area contributed by atoms with Gasteiger partial charge in [-0.2, -0.15) is 0 Å². The molecule has 0 saturated heterocycles. The van der Waals surface area contributed by atoms with E-state index >= 15 is 0 Å². The molecule has 0 spiro atoms. The van der Waals surface area contributed by atoms with Crippen molar-refractivity contribution in [3.05, 3.63) is 18.2 Å². The molecule has 0 radical (unpaired) electrons. The van der Waals surface area contributed by atoms with Crippen molar-refractivity contribution in [1.82, 2.24) is 0 Å². The van der Waals surface area contributed by atoms with E-state index in [-0.39, 0.29) is 6.10 Å². The van der Waals surface area contributed by atoms with Crippen LogP contribution in [-0.2, 0) is 0 Å². The van der Waals surface area contributed by atoms with Crippen molar-refractivity contribution < 1.29 is 4.74 Å². The Bertz CT molecular complexity index is 321. The SMILES string of the molecule is CNc1ccc(N(C)C)cc1OC(C)C. The van der Waals surface area contributed by atoms with Crippen LogP contribution in [0.1, 0.15) is 13.8 Å². The zero-order valence-electron chi connectivity index (χ0n) is 10.2. The van der Waals surface area contributed by atoms with Crippen molar-refractivity contribution in [2.45, 2.75) is 20.0 Å². The van der Waals surface area contributed by atoms with Crippen molar-refractivity contribution in [3.63, 3.8) is 0 Å². The smallest absolute Gasteiger partial charge is 0.144 e. The summed E-state index contributed by atoms with van der Waals surface area (Å²) < 4.78 is 5.74. The summed E-state index contributed by atoms with van der Waals surface area (Å²) >= 11 is 0. The van der Waals surface area contributed by atoms with Gasteiger partial charge in [-0.05, 0) is 26.0 Å². The van der Waals surface area contributed by atoms with Crippen LogP contribution in [0.25, 0.3) is 0 Å². The summed E-state index contributed by atoms with van der Waals surface area (Å²) in [6, 6.07) is 6.15. The van der Waals surface area contributed by atoms with Gasteiger partial charge in [0.25, 0.3) is 0 Å². The first kappa shape index (κ1) is 11.7.